The molecule has 26 heavy (non-hydrogen) atoms. The fraction of sp³-hybridized carbons (Fsp3) is 0.200. The van der Waals surface area contributed by atoms with Crippen LogP contribution in [0, 0.1) is 0 Å². The smallest absolute Gasteiger partial charge is 0.200 e. The number of allylic oxidation sites excluding steroid dienone is 1. The predicted molar refractivity (Wildman–Crippen MR) is 102 cm³/mol. The number of carbonyl (C=O) groups is 2. The van der Waals surface area contributed by atoms with Gasteiger partial charge in [0.2, 0.25) is 5.75 Å². The summed E-state index contributed by atoms with van der Waals surface area (Å²) in [6.45, 7) is 0. The van der Waals surface area contributed by atoms with Crippen molar-refractivity contribution in [3.63, 3.8) is 0 Å². The van der Waals surface area contributed by atoms with Crippen LogP contribution >= 0.6 is 0 Å². The van der Waals surface area contributed by atoms with Crippen LogP contribution in [0.3, 0.4) is 0 Å². The van der Waals surface area contributed by atoms with Gasteiger partial charge in [-0.05, 0) is 35.9 Å². The van der Waals surface area contributed by atoms with Crippen molar-refractivity contribution in [3.05, 3.63) is 53.6 Å². The van der Waals surface area contributed by atoms with E-state index in [4.69, 9.17) is 9.47 Å². The summed E-state index contributed by atoms with van der Waals surface area (Å²) in [5.74, 6) is 0.346. The molecule has 0 aliphatic heterocycles. The van der Waals surface area contributed by atoms with Gasteiger partial charge in [-0.3, -0.25) is 9.59 Å². The Morgan fingerprint density at radius 1 is 0.923 bits per heavy atom. The summed E-state index contributed by atoms with van der Waals surface area (Å²) in [6, 6.07) is 10.9. The van der Waals surface area contributed by atoms with Gasteiger partial charge in [-0.15, -0.1) is 0 Å². The lowest BCUT2D eigenvalue weighted by molar-refractivity contribution is -0.104. The van der Waals surface area contributed by atoms with Crippen LogP contribution in [0.2, 0.25) is 0 Å². The highest BCUT2D eigenvalue weighted by Crippen LogP contribution is 2.36. The minimum absolute atomic E-state index is 0.101. The number of rotatable bonds is 6. The zero-order valence-electron chi connectivity index (χ0n) is 15.3. The molecule has 2 aromatic carbocycles. The zero-order valence-corrected chi connectivity index (χ0v) is 15.3. The molecular weight excluding hydrogens is 334 g/mol. The number of aromatic hydroxyl groups is 1. The number of carbonyl (C=O) groups excluding carboxylic acids is 2. The van der Waals surface area contributed by atoms with Crippen LogP contribution in [-0.4, -0.2) is 46.0 Å². The molecule has 0 unspecified atom stereocenters. The number of hydrogen-bond donors (Lipinski definition) is 1. The average molecular weight is 357 g/mol. The monoisotopic (exact) mass is 357 g/mol. The Morgan fingerprint density at radius 2 is 1.46 bits per heavy atom. The van der Waals surface area contributed by atoms with E-state index < -0.39 is 0 Å². The van der Waals surface area contributed by atoms with Crippen LogP contribution < -0.4 is 14.4 Å². The lowest BCUT2D eigenvalue weighted by Gasteiger charge is -2.11. The van der Waals surface area contributed by atoms with E-state index in [1.165, 1.54) is 32.4 Å². The summed E-state index contributed by atoms with van der Waals surface area (Å²) in [7, 11) is 6.80. The minimum Gasteiger partial charge on any atom is -0.502 e. The van der Waals surface area contributed by atoms with E-state index in [-0.39, 0.29) is 17.2 Å². The van der Waals surface area contributed by atoms with Crippen molar-refractivity contribution in [3.8, 4) is 17.2 Å². The SMILES string of the molecule is CN(C)c1ccc(/C=C/C=O)cc1.COc1cc(C=O)cc(OC)c1O. The maximum absolute atomic E-state index is 10.5. The van der Waals surface area contributed by atoms with Gasteiger partial charge in [0, 0.05) is 25.3 Å². The van der Waals surface area contributed by atoms with Gasteiger partial charge in [0.15, 0.2) is 11.5 Å². The average Bonchev–Trinajstić information content (AvgIpc) is 2.67. The topological polar surface area (TPSA) is 76.1 Å². The number of aldehydes is 2. The lowest BCUT2D eigenvalue weighted by atomic mass is 10.2. The maximum Gasteiger partial charge on any atom is 0.200 e. The third-order valence-electron chi connectivity index (χ3n) is 3.41. The Morgan fingerprint density at radius 3 is 1.85 bits per heavy atom. The van der Waals surface area contributed by atoms with Gasteiger partial charge in [-0.25, -0.2) is 0 Å². The second-order valence-corrected chi connectivity index (χ2v) is 5.37. The molecule has 0 atom stereocenters. The molecule has 0 saturated carbocycles. The van der Waals surface area contributed by atoms with Crippen molar-refractivity contribution in [2.75, 3.05) is 33.2 Å². The van der Waals surface area contributed by atoms with Crippen LogP contribution in [0.5, 0.6) is 17.2 Å². The quantitative estimate of drug-likeness (QED) is 0.632. The third-order valence-corrected chi connectivity index (χ3v) is 3.41. The molecule has 1 N–H and O–H groups in total. The van der Waals surface area contributed by atoms with E-state index in [0.717, 1.165) is 17.5 Å². The molecule has 138 valence electrons. The third kappa shape index (κ3) is 5.98. The summed E-state index contributed by atoms with van der Waals surface area (Å²) in [5.41, 5.74) is 2.59. The second kappa shape index (κ2) is 10.6. The van der Waals surface area contributed by atoms with Crippen molar-refractivity contribution < 1.29 is 24.2 Å². The number of nitrogens with zero attached hydrogens (tertiary/aromatic N) is 1. The van der Waals surface area contributed by atoms with Crippen molar-refractivity contribution in [2.24, 2.45) is 0 Å². The molecule has 0 amide bonds. The van der Waals surface area contributed by atoms with E-state index in [0.29, 0.717) is 11.8 Å². The molecule has 0 aromatic heterocycles. The van der Waals surface area contributed by atoms with E-state index in [2.05, 4.69) is 0 Å². The zero-order chi connectivity index (χ0) is 19.5. The standard InChI is InChI=1S/C11H13NO.C9H10O4/c1-12(2)11-7-5-10(6-8-11)4-3-9-13;1-12-7-3-6(5-10)4-8(13-2)9(7)11/h3-9H,1-2H3;3-5,11H,1-2H3/b4-3+;. The van der Waals surface area contributed by atoms with Gasteiger partial charge in [0.1, 0.15) is 12.6 Å². The van der Waals surface area contributed by atoms with E-state index in [1.807, 2.05) is 43.3 Å². The van der Waals surface area contributed by atoms with Crippen LogP contribution in [0.15, 0.2) is 42.5 Å². The Kier molecular flexibility index (Phi) is 8.43. The summed E-state index contributed by atoms with van der Waals surface area (Å²) >= 11 is 0. The van der Waals surface area contributed by atoms with E-state index >= 15 is 0 Å². The first-order chi connectivity index (χ1) is 12.5. The van der Waals surface area contributed by atoms with Crippen LogP contribution in [0.4, 0.5) is 5.69 Å². The van der Waals surface area contributed by atoms with Gasteiger partial charge in [0.05, 0.1) is 14.2 Å². The first kappa shape index (κ1) is 20.8. The number of hydrogen-bond acceptors (Lipinski definition) is 6. The van der Waals surface area contributed by atoms with E-state index in [1.54, 1.807) is 6.08 Å². The van der Waals surface area contributed by atoms with Crippen LogP contribution in [0.1, 0.15) is 15.9 Å². The summed E-state index contributed by atoms with van der Waals surface area (Å²) in [5, 5.41) is 9.44. The highest BCUT2D eigenvalue weighted by molar-refractivity contribution is 5.78. The normalized spacial score (nSPS) is 9.85. The predicted octanol–water partition coefficient (Wildman–Crippen LogP) is 3.19. The maximum atomic E-state index is 10.5. The molecule has 0 radical (unpaired) electrons. The highest BCUT2D eigenvalue weighted by Gasteiger charge is 2.10. The Hall–Kier alpha value is -3.28. The number of phenolic OH excluding ortho intramolecular Hbond substituents is 1. The highest BCUT2D eigenvalue weighted by atomic mass is 16.5. The van der Waals surface area contributed by atoms with Gasteiger partial charge in [0.25, 0.3) is 0 Å². The largest absolute Gasteiger partial charge is 0.502 e. The molecule has 0 aliphatic rings. The second-order valence-electron chi connectivity index (χ2n) is 5.37. The summed E-state index contributed by atoms with van der Waals surface area (Å²) in [4.78, 5) is 22.6. The van der Waals surface area contributed by atoms with Crippen LogP contribution in [-0.2, 0) is 4.79 Å². The molecule has 6 heteroatoms. The van der Waals surface area contributed by atoms with Gasteiger partial charge >= 0.3 is 0 Å². The van der Waals surface area contributed by atoms with Crippen molar-refractivity contribution >= 4 is 24.3 Å². The molecule has 2 aromatic rings. The molecule has 0 aliphatic carbocycles. The molecule has 0 fully saturated rings. The molecule has 2 rings (SSSR count). The lowest BCUT2D eigenvalue weighted by Crippen LogP contribution is -2.07. The minimum atomic E-state index is -0.101. The first-order valence-electron chi connectivity index (χ1n) is 7.76. The molecule has 0 spiro atoms. The van der Waals surface area contributed by atoms with Crippen molar-refractivity contribution in [1.82, 2.24) is 0 Å². The molecular formula is C20H23NO5. The number of methoxy groups -OCH3 is 2. The summed E-state index contributed by atoms with van der Waals surface area (Å²) in [6.07, 6.45) is 4.71. The Balaban J connectivity index is 0.000000260. The Labute approximate surface area is 153 Å². The molecule has 0 heterocycles. The number of benzene rings is 2. The van der Waals surface area contributed by atoms with Crippen molar-refractivity contribution in [1.29, 1.82) is 0 Å². The van der Waals surface area contributed by atoms with Crippen molar-refractivity contribution in [2.45, 2.75) is 0 Å². The number of anilines is 1. The molecule has 0 saturated heterocycles. The molecule has 6 nitrogen and oxygen atoms in total. The van der Waals surface area contributed by atoms with E-state index in [9.17, 15) is 14.7 Å². The summed E-state index contributed by atoms with van der Waals surface area (Å²) < 4.78 is 9.68. The Bertz CT molecular complexity index is 726. The van der Waals surface area contributed by atoms with Gasteiger partial charge in [-0.2, -0.15) is 0 Å². The fourth-order valence-electron chi connectivity index (χ4n) is 2.02. The number of ether oxygens (including phenoxy) is 2. The van der Waals surface area contributed by atoms with Crippen LogP contribution in [0.25, 0.3) is 6.08 Å². The fourth-order valence-corrected chi connectivity index (χ4v) is 2.02. The number of phenols is 1. The van der Waals surface area contributed by atoms with Gasteiger partial charge < -0.3 is 19.5 Å². The molecule has 0 bridgehead atoms. The van der Waals surface area contributed by atoms with Gasteiger partial charge in [-0.1, -0.05) is 18.2 Å². The first-order valence-corrected chi connectivity index (χ1v) is 7.76.